The van der Waals surface area contributed by atoms with Crippen molar-refractivity contribution in [1.82, 2.24) is 21.3 Å². The number of hydrogen-bond acceptors (Lipinski definition) is 9. The fourth-order valence-corrected chi connectivity index (χ4v) is 5.65. The van der Waals surface area contributed by atoms with Crippen LogP contribution in [-0.2, 0) is 24.0 Å². The molecule has 0 spiro atoms. The molecule has 0 bridgehead atoms. The Morgan fingerprint density at radius 3 is 1.38 bits per heavy atom. The molecule has 244 valence electrons. The Morgan fingerprint density at radius 1 is 0.595 bits per heavy atom. The van der Waals surface area contributed by atoms with Crippen LogP contribution in [0.1, 0.15) is 73.1 Å². The minimum absolute atomic E-state index is 0.0538. The largest absolute Gasteiger partial charge is 0.368 e. The van der Waals surface area contributed by atoms with E-state index in [2.05, 4.69) is 21.3 Å². The summed E-state index contributed by atoms with van der Waals surface area (Å²) in [5.41, 5.74) is 16.6. The molecule has 0 rings (SSSR count). The molecule has 0 aliphatic carbocycles. The minimum Gasteiger partial charge on any atom is -0.368 e. The molecule has 0 heterocycles. The van der Waals surface area contributed by atoms with E-state index in [0.717, 1.165) is 23.0 Å². The van der Waals surface area contributed by atoms with Crippen LogP contribution in [0.15, 0.2) is 0 Å². The highest BCUT2D eigenvalue weighted by Gasteiger charge is 2.31. The summed E-state index contributed by atoms with van der Waals surface area (Å²) in [5.74, 6) is 0.847. The van der Waals surface area contributed by atoms with Crippen molar-refractivity contribution in [3.05, 3.63) is 0 Å². The van der Waals surface area contributed by atoms with E-state index in [9.17, 15) is 24.0 Å². The van der Waals surface area contributed by atoms with Crippen molar-refractivity contribution in [2.45, 2.75) is 97.3 Å². The number of amides is 5. The van der Waals surface area contributed by atoms with E-state index < -0.39 is 47.8 Å². The van der Waals surface area contributed by atoms with Crippen LogP contribution in [0.5, 0.6) is 0 Å². The molecular formula is C28H55N7O5S2. The zero-order chi connectivity index (χ0) is 32.1. The molecular weight excluding hydrogens is 578 g/mol. The number of nitrogens with one attached hydrogen (secondary N) is 4. The van der Waals surface area contributed by atoms with Gasteiger partial charge in [0.2, 0.25) is 29.5 Å². The van der Waals surface area contributed by atoms with E-state index in [4.69, 9.17) is 17.2 Å². The quantitative estimate of drug-likeness (QED) is 0.0735. The number of rotatable bonds is 24. The molecule has 5 amide bonds. The monoisotopic (exact) mass is 633 g/mol. The number of thioether (sulfide) groups is 2. The molecule has 0 fully saturated rings. The highest BCUT2D eigenvalue weighted by molar-refractivity contribution is 7.99. The van der Waals surface area contributed by atoms with Crippen molar-refractivity contribution >= 4 is 53.1 Å². The third-order valence-corrected chi connectivity index (χ3v) is 8.32. The number of carbonyl (C=O) groups excluding carboxylic acids is 5. The molecule has 0 unspecified atom stereocenters. The molecule has 42 heavy (non-hydrogen) atoms. The average molecular weight is 634 g/mol. The minimum atomic E-state index is -0.928. The van der Waals surface area contributed by atoms with Gasteiger partial charge in [0, 0.05) is 31.5 Å². The van der Waals surface area contributed by atoms with Gasteiger partial charge in [-0.1, -0.05) is 27.7 Å². The van der Waals surface area contributed by atoms with Gasteiger partial charge in [0.1, 0.15) is 24.2 Å². The van der Waals surface area contributed by atoms with Crippen LogP contribution in [0.4, 0.5) is 0 Å². The second kappa shape index (κ2) is 23.4. The normalized spacial score (nSPS) is 14.1. The van der Waals surface area contributed by atoms with Gasteiger partial charge >= 0.3 is 0 Å². The standard InChI is InChI=1S/C28H55N7O5S2/c1-18(2)16-23(25(31)37)34-27(39)22(9-7-13-42-15-11-30)33-28(40)24(17-19(3)4)35-26(38)21(32-20(5)36)8-6-12-41-14-10-29/h18-19,21-24H,6-17,29-30H2,1-5H3,(H2,31,37)(H,32,36)(H,33,40)(H,34,39)(H,35,38)/t21-,22-,23-,24-/m0/s1. The molecule has 0 radical (unpaired) electrons. The van der Waals surface area contributed by atoms with Gasteiger partial charge in [-0.25, -0.2) is 0 Å². The molecule has 0 saturated heterocycles. The number of nitrogens with two attached hydrogens (primary N) is 3. The van der Waals surface area contributed by atoms with Crippen LogP contribution in [-0.4, -0.2) is 89.8 Å². The van der Waals surface area contributed by atoms with E-state index in [1.165, 1.54) is 6.92 Å². The summed E-state index contributed by atoms with van der Waals surface area (Å²) in [6, 6.07) is -3.52. The average Bonchev–Trinajstić information content (AvgIpc) is 2.89. The SMILES string of the molecule is CC(=O)N[C@@H](CCCSCCN)C(=O)N[C@@H](CC(C)C)C(=O)N[C@@H](CCCSCCN)C(=O)N[C@@H](CC(C)C)C(N)=O. The summed E-state index contributed by atoms with van der Waals surface area (Å²) < 4.78 is 0. The lowest BCUT2D eigenvalue weighted by Gasteiger charge is -2.27. The van der Waals surface area contributed by atoms with Crippen molar-refractivity contribution in [2.24, 2.45) is 29.0 Å². The molecule has 0 aliphatic heterocycles. The van der Waals surface area contributed by atoms with Crippen molar-refractivity contribution < 1.29 is 24.0 Å². The Hall–Kier alpha value is -2.03. The van der Waals surface area contributed by atoms with Gasteiger partial charge < -0.3 is 38.5 Å². The molecule has 0 saturated carbocycles. The van der Waals surface area contributed by atoms with Crippen LogP contribution in [0.3, 0.4) is 0 Å². The maximum Gasteiger partial charge on any atom is 0.243 e. The van der Waals surface area contributed by atoms with Gasteiger partial charge in [0.15, 0.2) is 0 Å². The lowest BCUT2D eigenvalue weighted by atomic mass is 10.0. The van der Waals surface area contributed by atoms with E-state index in [-0.39, 0.29) is 17.7 Å². The second-order valence-corrected chi connectivity index (χ2v) is 13.6. The summed E-state index contributed by atoms with van der Waals surface area (Å²) in [5, 5.41) is 11.0. The molecule has 0 aromatic heterocycles. The van der Waals surface area contributed by atoms with Crippen LogP contribution >= 0.6 is 23.5 Å². The zero-order valence-corrected chi connectivity index (χ0v) is 27.7. The summed E-state index contributed by atoms with van der Waals surface area (Å²) in [6.07, 6.45) is 2.76. The smallest absolute Gasteiger partial charge is 0.243 e. The van der Waals surface area contributed by atoms with E-state index in [1.807, 2.05) is 27.7 Å². The van der Waals surface area contributed by atoms with Gasteiger partial charge in [-0.3, -0.25) is 24.0 Å². The first-order chi connectivity index (χ1) is 19.8. The fourth-order valence-electron chi connectivity index (χ4n) is 4.17. The van der Waals surface area contributed by atoms with Gasteiger partial charge in [-0.2, -0.15) is 23.5 Å². The fraction of sp³-hybridized carbons (Fsp3) is 0.821. The van der Waals surface area contributed by atoms with Crippen molar-refractivity contribution in [3.8, 4) is 0 Å². The van der Waals surface area contributed by atoms with Crippen LogP contribution in [0, 0.1) is 11.8 Å². The van der Waals surface area contributed by atoms with Gasteiger partial charge in [0.05, 0.1) is 0 Å². The molecule has 12 nitrogen and oxygen atoms in total. The predicted molar refractivity (Wildman–Crippen MR) is 173 cm³/mol. The maximum absolute atomic E-state index is 13.5. The maximum atomic E-state index is 13.5. The lowest BCUT2D eigenvalue weighted by molar-refractivity contribution is -0.134. The first kappa shape index (κ1) is 40.0. The summed E-state index contributed by atoms with van der Waals surface area (Å²) in [4.78, 5) is 63.8. The highest BCUT2D eigenvalue weighted by Crippen LogP contribution is 2.12. The molecule has 14 heteroatoms. The van der Waals surface area contributed by atoms with E-state index >= 15 is 0 Å². The number of primary amides is 1. The zero-order valence-electron chi connectivity index (χ0n) is 26.0. The molecule has 0 aliphatic rings. The van der Waals surface area contributed by atoms with E-state index in [0.29, 0.717) is 51.6 Å². The topological polar surface area (TPSA) is 212 Å². The first-order valence-electron chi connectivity index (χ1n) is 14.8. The van der Waals surface area contributed by atoms with Gasteiger partial charge in [-0.15, -0.1) is 0 Å². The van der Waals surface area contributed by atoms with Gasteiger partial charge in [-0.05, 0) is 61.9 Å². The van der Waals surface area contributed by atoms with Gasteiger partial charge in [0.25, 0.3) is 0 Å². The molecule has 10 N–H and O–H groups in total. The Kier molecular flexibility index (Phi) is 22.3. The van der Waals surface area contributed by atoms with Crippen LogP contribution in [0.25, 0.3) is 0 Å². The highest BCUT2D eigenvalue weighted by atomic mass is 32.2. The Balaban J connectivity index is 5.71. The second-order valence-electron chi connectivity index (χ2n) is 11.2. The third kappa shape index (κ3) is 19.2. The van der Waals surface area contributed by atoms with Crippen molar-refractivity contribution in [1.29, 1.82) is 0 Å². The summed E-state index contributed by atoms with van der Waals surface area (Å²) in [7, 11) is 0. The summed E-state index contributed by atoms with van der Waals surface area (Å²) in [6.45, 7) is 10.1. The first-order valence-corrected chi connectivity index (χ1v) is 17.2. The predicted octanol–water partition coefficient (Wildman–Crippen LogP) is 0.467. The van der Waals surface area contributed by atoms with Crippen molar-refractivity contribution in [2.75, 3.05) is 36.1 Å². The Bertz CT molecular complexity index is 832. The Morgan fingerprint density at radius 2 is 0.976 bits per heavy atom. The third-order valence-electron chi connectivity index (χ3n) is 6.12. The van der Waals surface area contributed by atoms with Crippen LogP contribution < -0.4 is 38.5 Å². The van der Waals surface area contributed by atoms with E-state index in [1.54, 1.807) is 23.5 Å². The Labute approximate surface area is 260 Å². The number of carbonyl (C=O) groups is 5. The van der Waals surface area contributed by atoms with Crippen molar-refractivity contribution in [3.63, 3.8) is 0 Å². The molecule has 4 atom stereocenters. The number of hydrogen-bond donors (Lipinski definition) is 7. The lowest BCUT2D eigenvalue weighted by Crippen LogP contribution is -2.58. The summed E-state index contributed by atoms with van der Waals surface area (Å²) >= 11 is 3.33. The molecule has 0 aromatic rings. The van der Waals surface area contributed by atoms with Crippen LogP contribution in [0.2, 0.25) is 0 Å². The molecule has 0 aromatic carbocycles.